The van der Waals surface area contributed by atoms with Crippen LogP contribution in [0.3, 0.4) is 0 Å². The number of carbonyl (C=O) groups is 1. The monoisotopic (exact) mass is 251 g/mol. The summed E-state index contributed by atoms with van der Waals surface area (Å²) in [6, 6.07) is 0. The van der Waals surface area contributed by atoms with Crippen LogP contribution in [-0.2, 0) is 9.53 Å². The minimum Gasteiger partial charge on any atom is -1.00 e. The fraction of sp³-hybridized carbons (Fsp3) is 0.727. The lowest BCUT2D eigenvalue weighted by Crippen LogP contribution is -3.00. The summed E-state index contributed by atoms with van der Waals surface area (Å²) < 4.78 is 5.74. The third-order valence-electron chi connectivity index (χ3n) is 2.20. The second-order valence-electron chi connectivity index (χ2n) is 4.38. The van der Waals surface area contributed by atoms with Crippen molar-refractivity contribution in [2.45, 2.75) is 13.3 Å². The molecule has 0 amide bonds. The summed E-state index contributed by atoms with van der Waals surface area (Å²) in [4.78, 5) is 11.1. The predicted octanol–water partition coefficient (Wildman–Crippen LogP) is -2.43. The SMILES string of the molecule is C=C(C)C(=O)OCC[N+](C)(C)CCCO.[Cl-]. The van der Waals surface area contributed by atoms with Crippen molar-refractivity contribution in [1.82, 2.24) is 0 Å². The van der Waals surface area contributed by atoms with E-state index < -0.39 is 0 Å². The van der Waals surface area contributed by atoms with Gasteiger partial charge in [-0.05, 0) is 6.92 Å². The molecule has 0 saturated carbocycles. The van der Waals surface area contributed by atoms with Crippen molar-refractivity contribution in [3.63, 3.8) is 0 Å². The summed E-state index contributed by atoms with van der Waals surface area (Å²) in [7, 11) is 4.09. The molecule has 0 aromatic rings. The summed E-state index contributed by atoms with van der Waals surface area (Å²) in [6.07, 6.45) is 0.765. The van der Waals surface area contributed by atoms with Crippen LogP contribution < -0.4 is 12.4 Å². The zero-order chi connectivity index (χ0) is 11.9. The van der Waals surface area contributed by atoms with E-state index in [4.69, 9.17) is 9.84 Å². The van der Waals surface area contributed by atoms with Crippen molar-refractivity contribution in [2.24, 2.45) is 0 Å². The normalized spacial score (nSPS) is 10.5. The predicted molar refractivity (Wildman–Crippen MR) is 59.3 cm³/mol. The molecule has 0 radical (unpaired) electrons. The molecule has 5 heteroatoms. The van der Waals surface area contributed by atoms with E-state index in [1.807, 2.05) is 14.1 Å². The smallest absolute Gasteiger partial charge is 0.333 e. The van der Waals surface area contributed by atoms with Gasteiger partial charge in [0.15, 0.2) is 0 Å². The molecule has 0 saturated heterocycles. The zero-order valence-corrected chi connectivity index (χ0v) is 11.1. The highest BCUT2D eigenvalue weighted by Crippen LogP contribution is 2.00. The first-order valence-electron chi connectivity index (χ1n) is 5.14. The summed E-state index contributed by atoms with van der Waals surface area (Å²) in [5.41, 5.74) is 0.427. The molecule has 0 bridgehead atoms. The van der Waals surface area contributed by atoms with Gasteiger partial charge in [-0.15, -0.1) is 0 Å². The number of ether oxygens (including phenoxy) is 1. The van der Waals surface area contributed by atoms with Crippen LogP contribution in [0.25, 0.3) is 0 Å². The number of likely N-dealkylation sites (N-methyl/N-ethyl adjacent to an activating group) is 1. The zero-order valence-electron chi connectivity index (χ0n) is 10.3. The third-order valence-corrected chi connectivity index (χ3v) is 2.20. The molecule has 4 nitrogen and oxygen atoms in total. The van der Waals surface area contributed by atoms with Crippen LogP contribution in [0.5, 0.6) is 0 Å². The average molecular weight is 252 g/mol. The van der Waals surface area contributed by atoms with Crippen LogP contribution in [0.2, 0.25) is 0 Å². The number of carbonyl (C=O) groups excluding carboxylic acids is 1. The topological polar surface area (TPSA) is 46.5 Å². The van der Waals surface area contributed by atoms with Crippen LogP contribution in [0, 0.1) is 0 Å². The highest BCUT2D eigenvalue weighted by atomic mass is 35.5. The molecule has 16 heavy (non-hydrogen) atoms. The summed E-state index contributed by atoms with van der Waals surface area (Å²) in [5, 5.41) is 8.71. The second kappa shape index (κ2) is 8.56. The molecule has 0 aliphatic carbocycles. The standard InChI is InChI=1S/C11H22NO3.ClH/c1-10(2)11(14)15-9-7-12(3,4)6-5-8-13;/h13H,1,5-9H2,2-4H3;1H/q+1;/p-1. The number of aliphatic hydroxyl groups excluding tert-OH is 1. The Hall–Kier alpha value is -0.580. The minimum absolute atomic E-state index is 0. The lowest BCUT2D eigenvalue weighted by atomic mass is 10.3. The van der Waals surface area contributed by atoms with Crippen molar-refractivity contribution in [3.8, 4) is 0 Å². The maximum absolute atomic E-state index is 11.1. The van der Waals surface area contributed by atoms with E-state index in [1.165, 1.54) is 0 Å². The van der Waals surface area contributed by atoms with Crippen LogP contribution in [-0.4, -0.2) is 56.0 Å². The number of rotatable bonds is 7. The van der Waals surface area contributed by atoms with Gasteiger partial charge in [0.05, 0.1) is 20.6 Å². The third kappa shape index (κ3) is 8.71. The van der Waals surface area contributed by atoms with Gasteiger partial charge >= 0.3 is 5.97 Å². The van der Waals surface area contributed by atoms with Gasteiger partial charge in [-0.25, -0.2) is 4.79 Å². The van der Waals surface area contributed by atoms with Gasteiger partial charge in [-0.3, -0.25) is 0 Å². The maximum Gasteiger partial charge on any atom is 0.333 e. The number of esters is 1. The van der Waals surface area contributed by atoms with Gasteiger partial charge in [0.25, 0.3) is 0 Å². The molecule has 0 aliphatic rings. The summed E-state index contributed by atoms with van der Waals surface area (Å²) in [5.74, 6) is -0.336. The molecule has 0 atom stereocenters. The molecular weight excluding hydrogens is 230 g/mol. The number of quaternary nitrogens is 1. The number of hydrogen-bond acceptors (Lipinski definition) is 3. The van der Waals surface area contributed by atoms with Gasteiger partial charge in [0.2, 0.25) is 0 Å². The highest BCUT2D eigenvalue weighted by Gasteiger charge is 2.15. The fourth-order valence-corrected chi connectivity index (χ4v) is 1.12. The van der Waals surface area contributed by atoms with Crippen molar-refractivity contribution in [2.75, 3.05) is 40.4 Å². The molecule has 0 spiro atoms. The van der Waals surface area contributed by atoms with E-state index in [0.29, 0.717) is 12.2 Å². The Balaban J connectivity index is 0. The molecule has 0 aromatic carbocycles. The number of nitrogens with zero attached hydrogens (tertiary/aromatic N) is 1. The first kappa shape index (κ1) is 17.8. The number of hydrogen-bond donors (Lipinski definition) is 1. The lowest BCUT2D eigenvalue weighted by Gasteiger charge is -2.29. The lowest BCUT2D eigenvalue weighted by molar-refractivity contribution is -0.890. The second-order valence-corrected chi connectivity index (χ2v) is 4.38. The Kier molecular flexibility index (Phi) is 9.52. The van der Waals surface area contributed by atoms with E-state index in [9.17, 15) is 4.79 Å². The first-order valence-corrected chi connectivity index (χ1v) is 5.14. The van der Waals surface area contributed by atoms with E-state index in [1.54, 1.807) is 6.92 Å². The first-order chi connectivity index (χ1) is 6.89. The van der Waals surface area contributed by atoms with Crippen LogP contribution in [0.15, 0.2) is 12.2 Å². The highest BCUT2D eigenvalue weighted by molar-refractivity contribution is 5.86. The van der Waals surface area contributed by atoms with Crippen molar-refractivity contribution >= 4 is 5.97 Å². The Labute approximate surface area is 104 Å². The van der Waals surface area contributed by atoms with Crippen LogP contribution >= 0.6 is 0 Å². The van der Waals surface area contributed by atoms with E-state index in [-0.39, 0.29) is 25.0 Å². The average Bonchev–Trinajstić information content (AvgIpc) is 2.14. The molecule has 0 heterocycles. The van der Waals surface area contributed by atoms with Gasteiger partial charge in [-0.1, -0.05) is 6.58 Å². The number of halogens is 1. The molecular formula is C11H22ClNO3. The van der Waals surface area contributed by atoms with Gasteiger partial charge < -0.3 is 26.7 Å². The van der Waals surface area contributed by atoms with Gasteiger partial charge in [0.1, 0.15) is 13.2 Å². The van der Waals surface area contributed by atoms with Gasteiger partial charge in [-0.2, -0.15) is 0 Å². The van der Waals surface area contributed by atoms with Crippen molar-refractivity contribution in [1.29, 1.82) is 0 Å². The molecule has 0 aromatic heterocycles. The van der Waals surface area contributed by atoms with E-state index >= 15 is 0 Å². The number of aliphatic hydroxyl groups is 1. The largest absolute Gasteiger partial charge is 1.00 e. The molecule has 1 N–H and O–H groups in total. The Morgan fingerprint density at radius 1 is 1.38 bits per heavy atom. The fourth-order valence-electron chi connectivity index (χ4n) is 1.12. The van der Waals surface area contributed by atoms with E-state index in [2.05, 4.69) is 6.58 Å². The molecule has 0 fully saturated rings. The molecule has 0 rings (SSSR count). The molecule has 96 valence electrons. The van der Waals surface area contributed by atoms with Gasteiger partial charge in [0, 0.05) is 18.6 Å². The summed E-state index contributed by atoms with van der Waals surface area (Å²) in [6.45, 7) is 7.36. The minimum atomic E-state index is -0.336. The Morgan fingerprint density at radius 3 is 2.38 bits per heavy atom. The maximum atomic E-state index is 11.1. The summed E-state index contributed by atoms with van der Waals surface area (Å²) >= 11 is 0. The van der Waals surface area contributed by atoms with Crippen LogP contribution in [0.4, 0.5) is 0 Å². The van der Waals surface area contributed by atoms with E-state index in [0.717, 1.165) is 24.0 Å². The van der Waals surface area contributed by atoms with Crippen molar-refractivity contribution in [3.05, 3.63) is 12.2 Å². The van der Waals surface area contributed by atoms with Crippen molar-refractivity contribution < 1.29 is 31.5 Å². The molecule has 0 unspecified atom stereocenters. The molecule has 0 aliphatic heterocycles. The van der Waals surface area contributed by atoms with Crippen LogP contribution in [0.1, 0.15) is 13.3 Å². The Morgan fingerprint density at radius 2 is 1.94 bits per heavy atom. The Bertz CT molecular complexity index is 229. The quantitative estimate of drug-likeness (QED) is 0.311.